The maximum absolute atomic E-state index is 12.2. The van der Waals surface area contributed by atoms with Crippen LogP contribution in [0.25, 0.3) is 0 Å². The van der Waals surface area contributed by atoms with E-state index >= 15 is 0 Å². The Bertz CT molecular complexity index is 781. The van der Waals surface area contributed by atoms with Gasteiger partial charge in [-0.3, -0.25) is 20.4 Å². The maximum Gasteiger partial charge on any atom is 0.279 e. The maximum atomic E-state index is 12.2. The number of hydrogen-bond donors (Lipinski definition) is 2. The first-order valence-electron chi connectivity index (χ1n) is 8.80. The largest absolute Gasteiger partial charge is 0.494 e. The number of fused-ring (bicyclic) bond motifs is 1. The Morgan fingerprint density at radius 3 is 2.52 bits per heavy atom. The van der Waals surface area contributed by atoms with Gasteiger partial charge in [-0.25, -0.2) is 0 Å². The molecule has 2 N–H and O–H groups in total. The molecule has 0 bridgehead atoms. The molecular formula is C20H22N2O5. The molecule has 7 nitrogen and oxygen atoms in total. The number of para-hydroxylation sites is 1. The molecule has 2 aromatic carbocycles. The van der Waals surface area contributed by atoms with Crippen LogP contribution in [-0.2, 0) is 16.0 Å². The number of ether oxygens (including phenoxy) is 3. The van der Waals surface area contributed by atoms with Crippen LogP contribution in [-0.4, -0.2) is 30.6 Å². The first-order chi connectivity index (χ1) is 13.1. The molecule has 2 aromatic rings. The van der Waals surface area contributed by atoms with Crippen LogP contribution in [0.1, 0.15) is 19.4 Å². The molecule has 0 radical (unpaired) electrons. The van der Waals surface area contributed by atoms with Crippen LogP contribution in [0.15, 0.2) is 48.5 Å². The van der Waals surface area contributed by atoms with E-state index in [1.165, 1.54) is 0 Å². The van der Waals surface area contributed by atoms with E-state index in [2.05, 4.69) is 10.9 Å². The fourth-order valence-corrected chi connectivity index (χ4v) is 2.67. The molecule has 7 heteroatoms. The second-order valence-electron chi connectivity index (χ2n) is 6.06. The van der Waals surface area contributed by atoms with Gasteiger partial charge >= 0.3 is 0 Å². The summed E-state index contributed by atoms with van der Waals surface area (Å²) in [4.78, 5) is 24.3. The molecule has 142 valence electrons. The molecule has 27 heavy (non-hydrogen) atoms. The highest BCUT2D eigenvalue weighted by Gasteiger charge is 2.29. The van der Waals surface area contributed by atoms with E-state index in [0.717, 1.165) is 11.3 Å². The zero-order valence-corrected chi connectivity index (χ0v) is 15.2. The lowest BCUT2D eigenvalue weighted by Crippen LogP contribution is -2.51. The molecule has 1 heterocycles. The average molecular weight is 370 g/mol. The molecule has 1 aliphatic heterocycles. The number of carbonyl (C=O) groups is 2. The van der Waals surface area contributed by atoms with E-state index in [1.807, 2.05) is 31.2 Å². The number of nitrogens with one attached hydrogen (secondary N) is 2. The van der Waals surface area contributed by atoms with Crippen molar-refractivity contribution in [3.8, 4) is 17.2 Å². The minimum atomic E-state index is -0.787. The highest BCUT2D eigenvalue weighted by Crippen LogP contribution is 2.28. The Balaban J connectivity index is 1.45. The van der Waals surface area contributed by atoms with Gasteiger partial charge in [-0.1, -0.05) is 18.2 Å². The van der Waals surface area contributed by atoms with Gasteiger partial charge in [0.05, 0.1) is 6.61 Å². The summed E-state index contributed by atoms with van der Waals surface area (Å²) >= 11 is 0. The summed E-state index contributed by atoms with van der Waals surface area (Å²) in [5.41, 5.74) is 5.73. The Morgan fingerprint density at radius 1 is 1.11 bits per heavy atom. The Labute approximate surface area is 157 Å². The van der Waals surface area contributed by atoms with Crippen molar-refractivity contribution in [3.05, 3.63) is 54.1 Å². The summed E-state index contributed by atoms with van der Waals surface area (Å²) in [6.07, 6.45) is -0.981. The van der Waals surface area contributed by atoms with Gasteiger partial charge in [-0.05, 0) is 49.7 Å². The summed E-state index contributed by atoms with van der Waals surface area (Å²) in [5.74, 6) is 1.07. The predicted octanol–water partition coefficient (Wildman–Crippen LogP) is 2.00. The number of amides is 2. The topological polar surface area (TPSA) is 85.9 Å². The molecule has 0 saturated heterocycles. The third-order valence-electron chi connectivity index (χ3n) is 4.07. The van der Waals surface area contributed by atoms with E-state index in [4.69, 9.17) is 14.2 Å². The van der Waals surface area contributed by atoms with Crippen molar-refractivity contribution >= 4 is 11.8 Å². The first kappa shape index (κ1) is 18.6. The van der Waals surface area contributed by atoms with Crippen LogP contribution in [0.4, 0.5) is 0 Å². The van der Waals surface area contributed by atoms with Gasteiger partial charge in [0.1, 0.15) is 17.2 Å². The number of hydrogen-bond acceptors (Lipinski definition) is 5. The van der Waals surface area contributed by atoms with Crippen LogP contribution in [0.3, 0.4) is 0 Å². The van der Waals surface area contributed by atoms with E-state index in [9.17, 15) is 9.59 Å². The van der Waals surface area contributed by atoms with E-state index < -0.39 is 24.0 Å². The van der Waals surface area contributed by atoms with Crippen LogP contribution >= 0.6 is 0 Å². The predicted molar refractivity (Wildman–Crippen MR) is 98.5 cm³/mol. The van der Waals surface area contributed by atoms with Crippen LogP contribution < -0.4 is 25.1 Å². The van der Waals surface area contributed by atoms with E-state index in [-0.39, 0.29) is 0 Å². The lowest BCUT2D eigenvalue weighted by atomic mass is 10.1. The van der Waals surface area contributed by atoms with Gasteiger partial charge < -0.3 is 14.2 Å². The lowest BCUT2D eigenvalue weighted by Gasteiger charge is -2.16. The minimum Gasteiger partial charge on any atom is -0.494 e. The van der Waals surface area contributed by atoms with Crippen molar-refractivity contribution in [3.63, 3.8) is 0 Å². The van der Waals surface area contributed by atoms with Crippen molar-refractivity contribution in [1.29, 1.82) is 0 Å². The third-order valence-corrected chi connectivity index (χ3v) is 4.07. The molecule has 0 aromatic heterocycles. The molecular weight excluding hydrogens is 348 g/mol. The van der Waals surface area contributed by atoms with Crippen LogP contribution in [0.5, 0.6) is 17.2 Å². The monoisotopic (exact) mass is 370 g/mol. The van der Waals surface area contributed by atoms with E-state index in [1.54, 1.807) is 31.2 Å². The molecule has 2 atom stereocenters. The number of carbonyl (C=O) groups excluding carboxylic acids is 2. The van der Waals surface area contributed by atoms with Crippen molar-refractivity contribution in [2.24, 2.45) is 0 Å². The average Bonchev–Trinajstić information content (AvgIpc) is 3.12. The standard InChI is InChI=1S/C20H22N2O5/c1-3-25-15-8-10-16(11-9-15)26-13(2)19(23)21-22-20(24)18-12-14-6-4-5-7-17(14)27-18/h4-11,13,18H,3,12H2,1-2H3,(H,21,23)(H,22,24)/t13-,18-/m1/s1. The molecule has 0 spiro atoms. The van der Waals surface area contributed by atoms with Crippen LogP contribution in [0.2, 0.25) is 0 Å². The van der Waals surface area contributed by atoms with Gasteiger partial charge in [-0.15, -0.1) is 0 Å². The van der Waals surface area contributed by atoms with Gasteiger partial charge in [0.2, 0.25) is 0 Å². The van der Waals surface area contributed by atoms with Gasteiger partial charge in [0, 0.05) is 6.42 Å². The molecule has 0 saturated carbocycles. The van der Waals surface area contributed by atoms with Gasteiger partial charge in [-0.2, -0.15) is 0 Å². The van der Waals surface area contributed by atoms with E-state index in [0.29, 0.717) is 24.5 Å². The normalized spacial score (nSPS) is 15.9. The van der Waals surface area contributed by atoms with Gasteiger partial charge in [0.15, 0.2) is 12.2 Å². The zero-order chi connectivity index (χ0) is 19.2. The first-order valence-corrected chi connectivity index (χ1v) is 8.80. The molecule has 0 fully saturated rings. The summed E-state index contributed by atoms with van der Waals surface area (Å²) < 4.78 is 16.5. The Kier molecular flexibility index (Phi) is 5.80. The number of benzene rings is 2. The Morgan fingerprint density at radius 2 is 1.81 bits per heavy atom. The minimum absolute atomic E-state index is 0.409. The molecule has 3 rings (SSSR count). The fourth-order valence-electron chi connectivity index (χ4n) is 2.67. The molecule has 2 amide bonds. The summed E-state index contributed by atoms with van der Waals surface area (Å²) in [6.45, 7) is 4.08. The van der Waals surface area contributed by atoms with Crippen molar-refractivity contribution < 1.29 is 23.8 Å². The van der Waals surface area contributed by atoms with Crippen LogP contribution in [0, 0.1) is 0 Å². The smallest absolute Gasteiger partial charge is 0.279 e. The summed E-state index contributed by atoms with van der Waals surface area (Å²) in [7, 11) is 0. The Hall–Kier alpha value is -3.22. The molecule has 0 unspecified atom stereocenters. The fraction of sp³-hybridized carbons (Fsp3) is 0.300. The van der Waals surface area contributed by atoms with Crippen molar-refractivity contribution in [2.45, 2.75) is 32.5 Å². The van der Waals surface area contributed by atoms with Crippen molar-refractivity contribution in [1.82, 2.24) is 10.9 Å². The third kappa shape index (κ3) is 4.69. The van der Waals surface area contributed by atoms with Crippen molar-refractivity contribution in [2.75, 3.05) is 6.61 Å². The second-order valence-corrected chi connectivity index (χ2v) is 6.06. The summed E-state index contributed by atoms with van der Waals surface area (Å²) in [5, 5.41) is 0. The summed E-state index contributed by atoms with van der Waals surface area (Å²) in [6, 6.07) is 14.4. The SMILES string of the molecule is CCOc1ccc(O[C@H](C)C(=O)NNC(=O)[C@H]2Cc3ccccc3O2)cc1. The lowest BCUT2D eigenvalue weighted by molar-refractivity contribution is -0.135. The number of rotatable bonds is 6. The zero-order valence-electron chi connectivity index (χ0n) is 15.2. The van der Waals surface area contributed by atoms with Gasteiger partial charge in [0.25, 0.3) is 11.8 Å². The quantitative estimate of drug-likeness (QED) is 0.760. The number of hydrazine groups is 1. The second kappa shape index (κ2) is 8.44. The molecule has 1 aliphatic rings. The molecule has 0 aliphatic carbocycles. The highest BCUT2D eigenvalue weighted by atomic mass is 16.5. The highest BCUT2D eigenvalue weighted by molar-refractivity contribution is 5.87.